The molecule has 0 saturated carbocycles. The van der Waals surface area contributed by atoms with E-state index in [4.69, 9.17) is 0 Å². The summed E-state index contributed by atoms with van der Waals surface area (Å²) in [5.41, 5.74) is -0.360. The summed E-state index contributed by atoms with van der Waals surface area (Å²) in [6, 6.07) is 0. The van der Waals surface area contributed by atoms with Crippen molar-refractivity contribution in [2.24, 2.45) is 5.92 Å². The van der Waals surface area contributed by atoms with E-state index < -0.39 is 11.7 Å². The lowest BCUT2D eigenvalue weighted by molar-refractivity contribution is -0.118. The van der Waals surface area contributed by atoms with Gasteiger partial charge in [0.1, 0.15) is 0 Å². The number of nitrogens with one attached hydrogen (secondary N) is 1. The van der Waals surface area contributed by atoms with Crippen molar-refractivity contribution in [3.05, 3.63) is 23.4 Å². The molecule has 2 nitrogen and oxygen atoms in total. The standard InChI is InChI=1S/C10H12F3NO/c1-6-3-4-8(10(11,12)13)5-9(6)14-7(2)15/h4-6H,3H2,1-2H3,(H,14,15). The van der Waals surface area contributed by atoms with E-state index in [1.165, 1.54) is 6.92 Å². The molecule has 0 fully saturated rings. The van der Waals surface area contributed by atoms with Crippen LogP contribution in [0, 0.1) is 5.92 Å². The van der Waals surface area contributed by atoms with Crippen molar-refractivity contribution in [2.45, 2.75) is 26.4 Å². The first-order valence-corrected chi connectivity index (χ1v) is 4.57. The third kappa shape index (κ3) is 3.11. The Labute approximate surface area is 85.8 Å². The molecule has 0 radical (unpaired) electrons. The predicted molar refractivity (Wildman–Crippen MR) is 49.8 cm³/mol. The van der Waals surface area contributed by atoms with Gasteiger partial charge in [-0.2, -0.15) is 13.2 Å². The van der Waals surface area contributed by atoms with Gasteiger partial charge in [-0.3, -0.25) is 4.79 Å². The number of rotatable bonds is 1. The van der Waals surface area contributed by atoms with Crippen molar-refractivity contribution >= 4 is 5.91 Å². The second-order valence-electron chi connectivity index (χ2n) is 3.57. The van der Waals surface area contributed by atoms with Crippen LogP contribution >= 0.6 is 0 Å². The minimum Gasteiger partial charge on any atom is -0.330 e. The average molecular weight is 219 g/mol. The summed E-state index contributed by atoms with van der Waals surface area (Å²) < 4.78 is 37.1. The molecule has 5 heteroatoms. The Kier molecular flexibility index (Phi) is 3.21. The number of carbonyl (C=O) groups excluding carboxylic acids is 1. The van der Waals surface area contributed by atoms with Crippen LogP contribution in [0.25, 0.3) is 0 Å². The van der Waals surface area contributed by atoms with Gasteiger partial charge in [0, 0.05) is 12.6 Å². The number of amides is 1. The fourth-order valence-electron chi connectivity index (χ4n) is 1.36. The lowest BCUT2D eigenvalue weighted by Gasteiger charge is -2.21. The van der Waals surface area contributed by atoms with Gasteiger partial charge < -0.3 is 5.32 Å². The molecule has 0 spiro atoms. The Bertz CT molecular complexity index is 328. The normalized spacial score (nSPS) is 21.8. The van der Waals surface area contributed by atoms with E-state index in [1.54, 1.807) is 6.92 Å². The van der Waals surface area contributed by atoms with Crippen LogP contribution in [-0.2, 0) is 4.79 Å². The van der Waals surface area contributed by atoms with Crippen LogP contribution < -0.4 is 5.32 Å². The van der Waals surface area contributed by atoms with Gasteiger partial charge >= 0.3 is 6.18 Å². The molecule has 15 heavy (non-hydrogen) atoms. The number of allylic oxidation sites excluding steroid dienone is 4. The van der Waals surface area contributed by atoms with Crippen molar-refractivity contribution in [1.82, 2.24) is 5.32 Å². The second kappa shape index (κ2) is 4.08. The van der Waals surface area contributed by atoms with Crippen LogP contribution in [0.1, 0.15) is 20.3 Å². The zero-order valence-electron chi connectivity index (χ0n) is 8.48. The number of carbonyl (C=O) groups is 1. The highest BCUT2D eigenvalue weighted by atomic mass is 19.4. The lowest BCUT2D eigenvalue weighted by atomic mass is 9.94. The van der Waals surface area contributed by atoms with Crippen LogP contribution in [0.5, 0.6) is 0 Å². The zero-order valence-corrected chi connectivity index (χ0v) is 8.48. The summed E-state index contributed by atoms with van der Waals surface area (Å²) in [6.07, 6.45) is -1.91. The summed E-state index contributed by atoms with van der Waals surface area (Å²) in [6.45, 7) is 3.05. The quantitative estimate of drug-likeness (QED) is 0.721. The summed E-state index contributed by atoms with van der Waals surface area (Å²) in [7, 11) is 0. The predicted octanol–water partition coefficient (Wildman–Crippen LogP) is 2.53. The molecule has 0 aromatic carbocycles. The molecule has 0 aromatic heterocycles. The maximum absolute atomic E-state index is 12.4. The number of alkyl halides is 3. The zero-order chi connectivity index (χ0) is 11.6. The van der Waals surface area contributed by atoms with Crippen LogP contribution in [0.3, 0.4) is 0 Å². The Morgan fingerprint density at radius 1 is 1.53 bits per heavy atom. The van der Waals surface area contributed by atoms with Gasteiger partial charge in [-0.05, 0) is 18.4 Å². The second-order valence-corrected chi connectivity index (χ2v) is 3.57. The van der Waals surface area contributed by atoms with Crippen LogP contribution in [0.2, 0.25) is 0 Å². The fourth-order valence-corrected chi connectivity index (χ4v) is 1.36. The molecule has 1 aliphatic rings. The largest absolute Gasteiger partial charge is 0.416 e. The van der Waals surface area contributed by atoms with Gasteiger partial charge in [-0.1, -0.05) is 13.0 Å². The highest BCUT2D eigenvalue weighted by Gasteiger charge is 2.34. The van der Waals surface area contributed by atoms with Gasteiger partial charge in [0.25, 0.3) is 0 Å². The molecule has 0 saturated heterocycles. The lowest BCUT2D eigenvalue weighted by Crippen LogP contribution is -2.26. The minimum atomic E-state index is -4.34. The van der Waals surface area contributed by atoms with E-state index in [1.807, 2.05) is 0 Å². The minimum absolute atomic E-state index is 0.0833. The van der Waals surface area contributed by atoms with E-state index in [9.17, 15) is 18.0 Å². The Hall–Kier alpha value is -1.26. The van der Waals surface area contributed by atoms with Gasteiger partial charge in [0.05, 0.1) is 5.57 Å². The number of halogens is 3. The van der Waals surface area contributed by atoms with Gasteiger partial charge in [0.15, 0.2) is 0 Å². The van der Waals surface area contributed by atoms with E-state index in [0.717, 1.165) is 12.2 Å². The molecule has 1 aliphatic carbocycles. The van der Waals surface area contributed by atoms with Crippen molar-refractivity contribution in [2.75, 3.05) is 0 Å². The first-order chi connectivity index (χ1) is 6.80. The third-order valence-electron chi connectivity index (χ3n) is 2.18. The first-order valence-electron chi connectivity index (χ1n) is 4.57. The maximum Gasteiger partial charge on any atom is 0.416 e. The number of hydrogen-bond acceptors (Lipinski definition) is 1. The summed E-state index contributed by atoms with van der Waals surface area (Å²) in [5.74, 6) is -0.434. The summed E-state index contributed by atoms with van der Waals surface area (Å²) >= 11 is 0. The van der Waals surface area contributed by atoms with E-state index in [2.05, 4.69) is 5.32 Å². The molecule has 0 aromatic rings. The Morgan fingerprint density at radius 2 is 2.13 bits per heavy atom. The highest BCUT2D eigenvalue weighted by molar-refractivity contribution is 5.75. The first kappa shape index (κ1) is 11.8. The van der Waals surface area contributed by atoms with Gasteiger partial charge in [-0.15, -0.1) is 0 Å². The van der Waals surface area contributed by atoms with E-state index in [-0.39, 0.29) is 11.8 Å². The molecule has 84 valence electrons. The van der Waals surface area contributed by atoms with Crippen LogP contribution in [0.15, 0.2) is 23.4 Å². The molecule has 1 atom stereocenters. The number of hydrogen-bond donors (Lipinski definition) is 1. The molecule has 1 unspecified atom stereocenters. The SMILES string of the molecule is CC(=O)NC1=CC(C(F)(F)F)=CCC1C. The van der Waals surface area contributed by atoms with Crippen molar-refractivity contribution in [3.63, 3.8) is 0 Å². The molecule has 0 bridgehead atoms. The average Bonchev–Trinajstić information content (AvgIpc) is 2.06. The maximum atomic E-state index is 12.4. The van der Waals surface area contributed by atoms with Crippen molar-refractivity contribution in [3.8, 4) is 0 Å². The van der Waals surface area contributed by atoms with Crippen molar-refractivity contribution < 1.29 is 18.0 Å². The molecule has 1 N–H and O–H groups in total. The Balaban J connectivity index is 2.89. The van der Waals surface area contributed by atoms with Crippen LogP contribution in [-0.4, -0.2) is 12.1 Å². The molecular weight excluding hydrogens is 207 g/mol. The molecule has 1 amide bonds. The van der Waals surface area contributed by atoms with Crippen LogP contribution in [0.4, 0.5) is 13.2 Å². The molecule has 0 aliphatic heterocycles. The van der Waals surface area contributed by atoms with Gasteiger partial charge in [0.2, 0.25) is 5.91 Å². The summed E-state index contributed by atoms with van der Waals surface area (Å²) in [4.78, 5) is 10.8. The summed E-state index contributed by atoms with van der Waals surface area (Å²) in [5, 5.41) is 2.41. The van der Waals surface area contributed by atoms with Gasteiger partial charge in [-0.25, -0.2) is 0 Å². The Morgan fingerprint density at radius 3 is 2.60 bits per heavy atom. The van der Waals surface area contributed by atoms with E-state index in [0.29, 0.717) is 12.1 Å². The van der Waals surface area contributed by atoms with E-state index >= 15 is 0 Å². The third-order valence-corrected chi connectivity index (χ3v) is 2.18. The monoisotopic (exact) mass is 219 g/mol. The highest BCUT2D eigenvalue weighted by Crippen LogP contribution is 2.32. The molecule has 0 heterocycles. The smallest absolute Gasteiger partial charge is 0.330 e. The van der Waals surface area contributed by atoms with Crippen molar-refractivity contribution in [1.29, 1.82) is 0 Å². The fraction of sp³-hybridized carbons (Fsp3) is 0.500. The molecular formula is C10H12F3NO. The molecule has 1 rings (SSSR count). The topological polar surface area (TPSA) is 29.1 Å².